The molecule has 0 radical (unpaired) electrons. The van der Waals surface area contributed by atoms with E-state index in [0.29, 0.717) is 30.5 Å². The zero-order chi connectivity index (χ0) is 23.7. The number of hydrogen-bond acceptors (Lipinski definition) is 8. The number of morpholine rings is 1. The molecule has 1 aliphatic carbocycles. The van der Waals surface area contributed by atoms with Gasteiger partial charge in [-0.05, 0) is 31.4 Å². The molecule has 3 heterocycles. The van der Waals surface area contributed by atoms with E-state index in [1.165, 1.54) is 19.3 Å². The lowest BCUT2D eigenvalue weighted by atomic mass is 9.95. The van der Waals surface area contributed by atoms with Gasteiger partial charge in [-0.1, -0.05) is 32.3 Å². The number of benzene rings is 1. The van der Waals surface area contributed by atoms with Crippen molar-refractivity contribution in [3.8, 4) is 11.3 Å². The van der Waals surface area contributed by atoms with Crippen LogP contribution in [0.15, 0.2) is 24.3 Å². The van der Waals surface area contributed by atoms with Crippen LogP contribution in [0.2, 0.25) is 0 Å². The van der Waals surface area contributed by atoms with Gasteiger partial charge in [-0.15, -0.1) is 0 Å². The minimum atomic E-state index is -0.548. The smallest absolute Gasteiger partial charge is 0.251 e. The maximum atomic E-state index is 13.0. The summed E-state index contributed by atoms with van der Waals surface area (Å²) in [7, 11) is 0. The van der Waals surface area contributed by atoms with E-state index in [1.807, 2.05) is 24.3 Å². The Labute approximate surface area is 198 Å². The fourth-order valence-electron chi connectivity index (χ4n) is 4.96. The SMILES string of the molecule is CC[C@@H]1CO[C@H](C(=O)NC2CCCCC2)CN1c1cc(-c2ccc3c(N)n[nH]c3c2)nc(N)n1. The molecule has 2 fully saturated rings. The topological polar surface area (TPSA) is 148 Å². The van der Waals surface area contributed by atoms with Crippen molar-refractivity contribution < 1.29 is 9.53 Å². The zero-order valence-electron chi connectivity index (χ0n) is 19.5. The molecule has 0 spiro atoms. The summed E-state index contributed by atoms with van der Waals surface area (Å²) in [6, 6.07) is 8.06. The highest BCUT2D eigenvalue weighted by Gasteiger charge is 2.34. The van der Waals surface area contributed by atoms with Gasteiger partial charge < -0.3 is 26.4 Å². The predicted octanol–water partition coefficient (Wildman–Crippen LogP) is 2.62. The quantitative estimate of drug-likeness (QED) is 0.450. The number of aromatic nitrogens is 4. The molecule has 10 nitrogen and oxygen atoms in total. The number of nitrogens with zero attached hydrogens (tertiary/aromatic N) is 4. The van der Waals surface area contributed by atoms with Crippen LogP contribution >= 0.6 is 0 Å². The molecule has 0 unspecified atom stereocenters. The summed E-state index contributed by atoms with van der Waals surface area (Å²) in [4.78, 5) is 24.1. The summed E-state index contributed by atoms with van der Waals surface area (Å²) in [5.41, 5.74) is 14.4. The largest absolute Gasteiger partial charge is 0.382 e. The number of aromatic amines is 1. The van der Waals surface area contributed by atoms with Gasteiger partial charge in [0, 0.05) is 23.1 Å². The highest BCUT2D eigenvalue weighted by molar-refractivity contribution is 5.91. The van der Waals surface area contributed by atoms with E-state index in [-0.39, 0.29) is 23.9 Å². The first-order valence-corrected chi connectivity index (χ1v) is 12.1. The Morgan fingerprint density at radius 2 is 2.03 bits per heavy atom. The van der Waals surface area contributed by atoms with E-state index < -0.39 is 6.10 Å². The van der Waals surface area contributed by atoms with Gasteiger partial charge in [-0.25, -0.2) is 4.98 Å². The van der Waals surface area contributed by atoms with Crippen LogP contribution in [0.25, 0.3) is 22.2 Å². The van der Waals surface area contributed by atoms with Gasteiger partial charge in [0.05, 0.1) is 30.4 Å². The molecule has 2 aromatic heterocycles. The number of fused-ring (bicyclic) bond motifs is 1. The Kier molecular flexibility index (Phi) is 6.23. The lowest BCUT2D eigenvalue weighted by Gasteiger charge is -2.40. The number of nitrogens with one attached hydrogen (secondary N) is 2. The molecule has 1 aliphatic heterocycles. The van der Waals surface area contributed by atoms with E-state index in [9.17, 15) is 4.79 Å². The normalized spacial score (nSPS) is 21.6. The van der Waals surface area contributed by atoms with Gasteiger partial charge in [0.15, 0.2) is 11.9 Å². The lowest BCUT2D eigenvalue weighted by Crippen LogP contribution is -2.56. The van der Waals surface area contributed by atoms with E-state index in [2.05, 4.69) is 37.3 Å². The molecular weight excluding hydrogens is 432 g/mol. The second kappa shape index (κ2) is 9.46. The van der Waals surface area contributed by atoms with Crippen LogP contribution in [0.3, 0.4) is 0 Å². The molecule has 5 rings (SSSR count). The molecule has 1 saturated carbocycles. The Morgan fingerprint density at radius 3 is 2.82 bits per heavy atom. The third kappa shape index (κ3) is 4.50. The molecule has 34 heavy (non-hydrogen) atoms. The van der Waals surface area contributed by atoms with Gasteiger partial charge in [-0.2, -0.15) is 10.1 Å². The first kappa shape index (κ1) is 22.4. The van der Waals surface area contributed by atoms with Crippen molar-refractivity contribution in [2.45, 2.75) is 63.6 Å². The molecule has 2 atom stereocenters. The van der Waals surface area contributed by atoms with Gasteiger partial charge >= 0.3 is 0 Å². The Hall–Kier alpha value is -3.40. The van der Waals surface area contributed by atoms with Crippen molar-refractivity contribution in [1.82, 2.24) is 25.5 Å². The van der Waals surface area contributed by atoms with Crippen molar-refractivity contribution in [3.63, 3.8) is 0 Å². The third-order valence-electron chi connectivity index (χ3n) is 6.92. The standard InChI is InChI=1S/C24H32N8O2/c1-2-16-13-34-20(23(33)27-15-6-4-3-5-7-15)12-32(16)21-11-18(28-24(26)29-21)14-8-9-17-19(10-14)30-31-22(17)25/h8-11,15-16,20H,2-7,12-13H2,1H3,(H,27,33)(H3,25,30,31)(H2,26,28,29)/t16-,20+/m1/s1. The van der Waals surface area contributed by atoms with Crippen molar-refractivity contribution in [2.75, 3.05) is 29.5 Å². The number of nitrogen functional groups attached to an aromatic ring is 2. The fraction of sp³-hybridized carbons (Fsp3) is 0.500. The van der Waals surface area contributed by atoms with Crippen molar-refractivity contribution in [1.29, 1.82) is 0 Å². The Bertz CT molecular complexity index is 1170. The summed E-state index contributed by atoms with van der Waals surface area (Å²) >= 11 is 0. The second-order valence-electron chi connectivity index (χ2n) is 9.22. The molecule has 1 amide bonds. The number of carbonyl (C=O) groups excluding carboxylic acids is 1. The molecule has 1 aromatic carbocycles. The highest BCUT2D eigenvalue weighted by atomic mass is 16.5. The van der Waals surface area contributed by atoms with Crippen LogP contribution in [0, 0.1) is 0 Å². The average Bonchev–Trinajstić information content (AvgIpc) is 3.23. The number of hydrogen-bond donors (Lipinski definition) is 4. The molecule has 6 N–H and O–H groups in total. The molecular formula is C24H32N8O2. The van der Waals surface area contributed by atoms with Gasteiger partial charge in [0.2, 0.25) is 5.95 Å². The number of carbonyl (C=O) groups is 1. The number of anilines is 3. The number of amides is 1. The van der Waals surface area contributed by atoms with Crippen LogP contribution in [-0.4, -0.2) is 57.4 Å². The van der Waals surface area contributed by atoms with Crippen LogP contribution in [0.5, 0.6) is 0 Å². The van der Waals surface area contributed by atoms with Crippen molar-refractivity contribution in [3.05, 3.63) is 24.3 Å². The second-order valence-corrected chi connectivity index (χ2v) is 9.22. The van der Waals surface area contributed by atoms with Crippen LogP contribution < -0.4 is 21.7 Å². The van der Waals surface area contributed by atoms with Crippen LogP contribution in [0.1, 0.15) is 45.4 Å². The summed E-state index contributed by atoms with van der Waals surface area (Å²) in [5.74, 6) is 1.29. The van der Waals surface area contributed by atoms with Crippen molar-refractivity contribution in [2.24, 2.45) is 0 Å². The molecule has 1 saturated heterocycles. The molecule has 0 bridgehead atoms. The minimum Gasteiger partial charge on any atom is -0.382 e. The first-order chi connectivity index (χ1) is 16.5. The number of rotatable bonds is 5. The zero-order valence-corrected chi connectivity index (χ0v) is 19.5. The molecule has 10 heteroatoms. The Morgan fingerprint density at radius 1 is 1.21 bits per heavy atom. The number of nitrogens with two attached hydrogens (primary N) is 2. The first-order valence-electron chi connectivity index (χ1n) is 12.1. The Balaban J connectivity index is 1.39. The van der Waals surface area contributed by atoms with Gasteiger partial charge in [-0.3, -0.25) is 9.89 Å². The van der Waals surface area contributed by atoms with E-state index in [1.54, 1.807) is 0 Å². The number of H-pyrrole nitrogens is 1. The minimum absolute atomic E-state index is 0.0454. The molecule has 180 valence electrons. The number of ether oxygens (including phenoxy) is 1. The predicted molar refractivity (Wildman–Crippen MR) is 132 cm³/mol. The lowest BCUT2D eigenvalue weighted by molar-refractivity contribution is -0.135. The maximum Gasteiger partial charge on any atom is 0.251 e. The molecule has 2 aliphatic rings. The van der Waals surface area contributed by atoms with Crippen molar-refractivity contribution >= 4 is 34.4 Å². The summed E-state index contributed by atoms with van der Waals surface area (Å²) in [6.45, 7) is 2.98. The third-order valence-corrected chi connectivity index (χ3v) is 6.92. The monoisotopic (exact) mass is 464 g/mol. The summed E-state index contributed by atoms with van der Waals surface area (Å²) in [6.07, 6.45) is 5.97. The highest BCUT2D eigenvalue weighted by Crippen LogP contribution is 2.29. The van der Waals surface area contributed by atoms with E-state index in [0.717, 1.165) is 35.7 Å². The summed E-state index contributed by atoms with van der Waals surface area (Å²) in [5, 5.41) is 11.1. The van der Waals surface area contributed by atoms with E-state index >= 15 is 0 Å². The summed E-state index contributed by atoms with van der Waals surface area (Å²) < 4.78 is 5.98. The van der Waals surface area contributed by atoms with E-state index in [4.69, 9.17) is 16.2 Å². The van der Waals surface area contributed by atoms with Gasteiger partial charge in [0.25, 0.3) is 5.91 Å². The van der Waals surface area contributed by atoms with Crippen LogP contribution in [-0.2, 0) is 9.53 Å². The van der Waals surface area contributed by atoms with Gasteiger partial charge in [0.1, 0.15) is 5.82 Å². The fourth-order valence-corrected chi connectivity index (χ4v) is 4.96. The maximum absolute atomic E-state index is 13.0. The average molecular weight is 465 g/mol. The molecule has 3 aromatic rings. The van der Waals surface area contributed by atoms with Crippen LogP contribution in [0.4, 0.5) is 17.6 Å².